The molecule has 2 aromatic rings. The highest BCUT2D eigenvalue weighted by atomic mass is 19.4. The van der Waals surface area contributed by atoms with E-state index >= 15 is 0 Å². The highest BCUT2D eigenvalue weighted by molar-refractivity contribution is 5.35. The number of nitrogen functional groups attached to an aromatic ring is 1. The number of nitrogens with two attached hydrogens (primary N) is 1. The molecule has 0 aliphatic carbocycles. The number of hydrogen-bond acceptors (Lipinski definition) is 3. The molecule has 2 N–H and O–H groups in total. The van der Waals surface area contributed by atoms with Gasteiger partial charge in [0.1, 0.15) is 0 Å². The minimum atomic E-state index is -4.34. The number of rotatable bonds is 1. The van der Waals surface area contributed by atoms with Crippen molar-refractivity contribution >= 4 is 5.82 Å². The molecule has 1 aromatic heterocycles. The van der Waals surface area contributed by atoms with E-state index in [9.17, 15) is 13.2 Å². The van der Waals surface area contributed by atoms with Crippen molar-refractivity contribution in [3.05, 3.63) is 36.0 Å². The molecule has 0 radical (unpaired) electrons. The molecule has 84 valence electrons. The van der Waals surface area contributed by atoms with Crippen LogP contribution in [0.15, 0.2) is 30.5 Å². The molecular weight excluding hydrogens is 221 g/mol. The van der Waals surface area contributed by atoms with Crippen LogP contribution in [0.4, 0.5) is 19.0 Å². The molecule has 0 aliphatic rings. The summed E-state index contributed by atoms with van der Waals surface area (Å²) in [7, 11) is 0. The van der Waals surface area contributed by atoms with Crippen LogP contribution in [0.3, 0.4) is 0 Å². The smallest absolute Gasteiger partial charge is 0.381 e. The maximum absolute atomic E-state index is 12.3. The van der Waals surface area contributed by atoms with Crippen molar-refractivity contribution in [1.82, 2.24) is 15.0 Å². The minimum Gasteiger partial charge on any atom is -0.381 e. The number of aromatic nitrogens is 3. The lowest BCUT2D eigenvalue weighted by molar-refractivity contribution is -0.137. The van der Waals surface area contributed by atoms with Crippen LogP contribution in [0.25, 0.3) is 5.69 Å². The molecular formula is C9H7F3N4. The maximum atomic E-state index is 12.3. The molecule has 16 heavy (non-hydrogen) atoms. The van der Waals surface area contributed by atoms with E-state index in [1.807, 2.05) is 0 Å². The van der Waals surface area contributed by atoms with Gasteiger partial charge >= 0.3 is 6.18 Å². The van der Waals surface area contributed by atoms with Crippen molar-refractivity contribution in [1.29, 1.82) is 0 Å². The van der Waals surface area contributed by atoms with Gasteiger partial charge in [-0.05, 0) is 24.3 Å². The van der Waals surface area contributed by atoms with Crippen molar-refractivity contribution in [3.8, 4) is 5.69 Å². The summed E-state index contributed by atoms with van der Waals surface area (Å²) in [5.41, 5.74) is 5.05. The second-order valence-corrected chi connectivity index (χ2v) is 3.10. The van der Waals surface area contributed by atoms with Gasteiger partial charge in [-0.1, -0.05) is 0 Å². The monoisotopic (exact) mass is 228 g/mol. The Kier molecular flexibility index (Phi) is 2.30. The Morgan fingerprint density at radius 1 is 1.12 bits per heavy atom. The van der Waals surface area contributed by atoms with Crippen molar-refractivity contribution < 1.29 is 13.2 Å². The standard InChI is InChI=1S/C9H7F3N4/c10-9(11,12)6-1-3-7(4-2-6)16-14-5-8(13)15-16/h1-5H,(H2,13,15). The summed E-state index contributed by atoms with van der Waals surface area (Å²) in [6.45, 7) is 0. The first-order valence-electron chi connectivity index (χ1n) is 4.32. The summed E-state index contributed by atoms with van der Waals surface area (Å²) >= 11 is 0. The molecule has 0 amide bonds. The normalized spacial score (nSPS) is 11.7. The second-order valence-electron chi connectivity index (χ2n) is 3.10. The number of nitrogens with zero attached hydrogens (tertiary/aromatic N) is 3. The van der Waals surface area contributed by atoms with Crippen LogP contribution in [0.2, 0.25) is 0 Å². The second kappa shape index (κ2) is 3.51. The molecule has 0 saturated heterocycles. The van der Waals surface area contributed by atoms with Crippen molar-refractivity contribution in [2.45, 2.75) is 6.18 Å². The zero-order valence-corrected chi connectivity index (χ0v) is 7.94. The molecule has 0 atom stereocenters. The lowest BCUT2D eigenvalue weighted by atomic mass is 10.2. The van der Waals surface area contributed by atoms with E-state index in [2.05, 4.69) is 10.2 Å². The predicted octanol–water partition coefficient (Wildman–Crippen LogP) is 1.87. The molecule has 4 nitrogen and oxygen atoms in total. The third kappa shape index (κ3) is 1.97. The van der Waals surface area contributed by atoms with Gasteiger partial charge in [0.05, 0.1) is 17.4 Å². The summed E-state index contributed by atoms with van der Waals surface area (Å²) in [6, 6.07) is 4.49. The molecule has 2 rings (SSSR count). The Hall–Kier alpha value is -2.05. The Balaban J connectivity index is 2.33. The topological polar surface area (TPSA) is 56.7 Å². The summed E-state index contributed by atoms with van der Waals surface area (Å²) in [5.74, 6) is 0.208. The molecule has 0 bridgehead atoms. The first kappa shape index (κ1) is 10.5. The van der Waals surface area contributed by atoms with Crippen LogP contribution in [0.1, 0.15) is 5.56 Å². The first-order chi connectivity index (χ1) is 7.47. The Morgan fingerprint density at radius 3 is 2.19 bits per heavy atom. The van der Waals surface area contributed by atoms with E-state index in [4.69, 9.17) is 5.73 Å². The van der Waals surface area contributed by atoms with Gasteiger partial charge in [0.2, 0.25) is 0 Å². The van der Waals surface area contributed by atoms with Crippen molar-refractivity contribution in [2.75, 3.05) is 5.73 Å². The number of alkyl halides is 3. The molecule has 1 heterocycles. The van der Waals surface area contributed by atoms with Gasteiger partial charge in [-0.3, -0.25) is 0 Å². The van der Waals surface area contributed by atoms with Gasteiger partial charge in [-0.25, -0.2) is 0 Å². The molecule has 0 aliphatic heterocycles. The van der Waals surface area contributed by atoms with Crippen LogP contribution in [-0.4, -0.2) is 15.0 Å². The predicted molar refractivity (Wildman–Crippen MR) is 50.8 cm³/mol. The van der Waals surface area contributed by atoms with E-state index < -0.39 is 11.7 Å². The number of anilines is 1. The number of benzene rings is 1. The lowest BCUT2D eigenvalue weighted by Gasteiger charge is -2.06. The summed E-state index contributed by atoms with van der Waals surface area (Å²) in [5, 5.41) is 7.55. The fraction of sp³-hybridized carbons (Fsp3) is 0.111. The average molecular weight is 228 g/mol. The average Bonchev–Trinajstić information content (AvgIpc) is 2.64. The third-order valence-electron chi connectivity index (χ3n) is 1.94. The molecule has 0 fully saturated rings. The SMILES string of the molecule is Nc1cnn(-c2ccc(C(F)(F)F)cc2)n1. The summed E-state index contributed by atoms with van der Waals surface area (Å²) in [6.07, 6.45) is -3.02. The fourth-order valence-corrected chi connectivity index (χ4v) is 1.18. The van der Waals surface area contributed by atoms with Gasteiger partial charge in [0.25, 0.3) is 0 Å². The number of hydrogen-bond donors (Lipinski definition) is 1. The van der Waals surface area contributed by atoms with Crippen LogP contribution in [-0.2, 0) is 6.18 Å². The number of halogens is 3. The van der Waals surface area contributed by atoms with Crippen molar-refractivity contribution in [2.24, 2.45) is 0 Å². The van der Waals surface area contributed by atoms with E-state index in [0.29, 0.717) is 5.69 Å². The van der Waals surface area contributed by atoms with Crippen molar-refractivity contribution in [3.63, 3.8) is 0 Å². The highest BCUT2D eigenvalue weighted by Crippen LogP contribution is 2.29. The molecule has 0 spiro atoms. The van der Waals surface area contributed by atoms with E-state index in [-0.39, 0.29) is 5.82 Å². The zero-order chi connectivity index (χ0) is 11.8. The Morgan fingerprint density at radius 2 is 1.75 bits per heavy atom. The van der Waals surface area contributed by atoms with Gasteiger partial charge in [-0.15, -0.1) is 9.90 Å². The first-order valence-corrected chi connectivity index (χ1v) is 4.32. The largest absolute Gasteiger partial charge is 0.416 e. The lowest BCUT2D eigenvalue weighted by Crippen LogP contribution is -2.05. The minimum absolute atomic E-state index is 0.208. The summed E-state index contributed by atoms with van der Waals surface area (Å²) < 4.78 is 36.8. The molecule has 0 saturated carbocycles. The zero-order valence-electron chi connectivity index (χ0n) is 7.94. The highest BCUT2D eigenvalue weighted by Gasteiger charge is 2.30. The van der Waals surface area contributed by atoms with Crippen LogP contribution < -0.4 is 5.73 Å². The quantitative estimate of drug-likeness (QED) is 0.810. The Labute approximate surface area is 88.5 Å². The van der Waals surface area contributed by atoms with Gasteiger partial charge < -0.3 is 5.73 Å². The van der Waals surface area contributed by atoms with E-state index in [0.717, 1.165) is 16.9 Å². The van der Waals surface area contributed by atoms with Crippen LogP contribution in [0, 0.1) is 0 Å². The van der Waals surface area contributed by atoms with Gasteiger partial charge in [-0.2, -0.15) is 18.3 Å². The maximum Gasteiger partial charge on any atom is 0.416 e. The van der Waals surface area contributed by atoms with E-state index in [1.165, 1.54) is 18.3 Å². The molecule has 7 heteroatoms. The Bertz CT molecular complexity index is 486. The van der Waals surface area contributed by atoms with Crippen LogP contribution >= 0.6 is 0 Å². The third-order valence-corrected chi connectivity index (χ3v) is 1.94. The summed E-state index contributed by atoms with van der Waals surface area (Å²) in [4.78, 5) is 1.16. The van der Waals surface area contributed by atoms with Crippen LogP contribution in [0.5, 0.6) is 0 Å². The fourth-order valence-electron chi connectivity index (χ4n) is 1.18. The van der Waals surface area contributed by atoms with E-state index in [1.54, 1.807) is 0 Å². The molecule has 1 aromatic carbocycles. The van der Waals surface area contributed by atoms with Gasteiger partial charge in [0.15, 0.2) is 5.82 Å². The van der Waals surface area contributed by atoms with Gasteiger partial charge in [0, 0.05) is 0 Å². The molecule has 0 unspecified atom stereocenters.